The molecule has 0 spiro atoms. The van der Waals surface area contributed by atoms with Gasteiger partial charge in [0.1, 0.15) is 0 Å². The molecule has 0 saturated heterocycles. The molecule has 4 heteroatoms. The number of carboxylic acids is 1. The summed E-state index contributed by atoms with van der Waals surface area (Å²) in [6.45, 7) is 4.40. The Morgan fingerprint density at radius 3 is 1.89 bits per heavy atom. The van der Waals surface area contributed by atoms with Crippen LogP contribution in [0.2, 0.25) is 0 Å². The van der Waals surface area contributed by atoms with E-state index in [0.717, 1.165) is 25.7 Å². The summed E-state index contributed by atoms with van der Waals surface area (Å²) >= 11 is 0. The minimum Gasteiger partial charge on any atom is -0.481 e. The van der Waals surface area contributed by atoms with Crippen LogP contribution in [-0.2, 0) is 4.79 Å². The Hall–Kier alpha value is -0.670. The van der Waals surface area contributed by atoms with E-state index in [4.69, 9.17) is 0 Å². The Balaban J connectivity index is 2.11. The summed E-state index contributed by atoms with van der Waals surface area (Å²) in [7, 11) is 0. The van der Waals surface area contributed by atoms with Crippen molar-refractivity contribution >= 4 is 5.97 Å². The monoisotopic (exact) mass is 274 g/mol. The molecule has 0 bridgehead atoms. The first-order chi connectivity index (χ1) is 8.67. The summed E-state index contributed by atoms with van der Waals surface area (Å²) in [6.07, 6.45) is 3.49. The molecule has 0 aromatic carbocycles. The molecule has 19 heavy (non-hydrogen) atoms. The Kier molecular flexibility index (Phi) is 3.65. The minimum atomic E-state index is -2.66. The number of hydrogen-bond acceptors (Lipinski definition) is 1. The third-order valence-corrected chi connectivity index (χ3v) is 5.42. The summed E-state index contributed by atoms with van der Waals surface area (Å²) in [5.41, 5.74) is -0.618. The van der Waals surface area contributed by atoms with Crippen LogP contribution in [0.15, 0.2) is 0 Å². The maximum Gasteiger partial charge on any atom is 0.309 e. The van der Waals surface area contributed by atoms with Crippen LogP contribution in [0.1, 0.15) is 65.2 Å². The first-order valence-electron chi connectivity index (χ1n) is 7.28. The topological polar surface area (TPSA) is 37.3 Å². The second-order valence-electron chi connectivity index (χ2n) is 7.26. The summed E-state index contributed by atoms with van der Waals surface area (Å²) in [5, 5.41) is 9.60. The van der Waals surface area contributed by atoms with E-state index >= 15 is 0 Å². The molecule has 2 rings (SSSR count). The van der Waals surface area contributed by atoms with Gasteiger partial charge in [-0.25, -0.2) is 8.78 Å². The summed E-state index contributed by atoms with van der Waals surface area (Å²) < 4.78 is 26.6. The largest absolute Gasteiger partial charge is 0.481 e. The molecule has 0 aliphatic heterocycles. The first-order valence-corrected chi connectivity index (χ1v) is 7.28. The number of aliphatic carboxylic acids is 1. The lowest BCUT2D eigenvalue weighted by Crippen LogP contribution is -2.46. The molecule has 0 aromatic rings. The van der Waals surface area contributed by atoms with Crippen molar-refractivity contribution in [2.75, 3.05) is 0 Å². The third-order valence-electron chi connectivity index (χ3n) is 5.42. The second kappa shape index (κ2) is 4.71. The molecular weight excluding hydrogens is 250 g/mol. The highest BCUT2D eigenvalue weighted by atomic mass is 19.3. The van der Waals surface area contributed by atoms with Gasteiger partial charge in [-0.1, -0.05) is 13.8 Å². The van der Waals surface area contributed by atoms with Gasteiger partial charge in [-0.15, -0.1) is 0 Å². The molecule has 1 N–H and O–H groups in total. The van der Waals surface area contributed by atoms with E-state index in [-0.39, 0.29) is 37.0 Å². The molecule has 2 saturated carbocycles. The Morgan fingerprint density at radius 1 is 1.00 bits per heavy atom. The third kappa shape index (κ3) is 2.92. The lowest BCUT2D eigenvalue weighted by Gasteiger charge is -2.46. The highest BCUT2D eigenvalue weighted by Gasteiger charge is 2.53. The van der Waals surface area contributed by atoms with Crippen LogP contribution >= 0.6 is 0 Å². The van der Waals surface area contributed by atoms with Crippen LogP contribution < -0.4 is 0 Å². The molecule has 110 valence electrons. The Morgan fingerprint density at radius 2 is 1.47 bits per heavy atom. The van der Waals surface area contributed by atoms with E-state index < -0.39 is 17.3 Å². The van der Waals surface area contributed by atoms with Gasteiger partial charge < -0.3 is 5.11 Å². The number of halogens is 2. The van der Waals surface area contributed by atoms with Crippen molar-refractivity contribution in [2.24, 2.45) is 16.7 Å². The molecule has 0 aromatic heterocycles. The molecule has 0 unspecified atom stereocenters. The van der Waals surface area contributed by atoms with Gasteiger partial charge in [0.15, 0.2) is 0 Å². The molecular formula is C15H24F2O2. The predicted molar refractivity (Wildman–Crippen MR) is 69.2 cm³/mol. The van der Waals surface area contributed by atoms with Crippen molar-refractivity contribution in [3.05, 3.63) is 0 Å². The number of rotatable bonds is 2. The Bertz CT molecular complexity index is 343. The van der Waals surface area contributed by atoms with Crippen LogP contribution in [0.3, 0.4) is 0 Å². The first kappa shape index (κ1) is 14.7. The number of carboxylic acid groups (broad SMARTS) is 1. The molecule has 0 heterocycles. The van der Waals surface area contributed by atoms with Gasteiger partial charge in [0.25, 0.3) is 0 Å². The van der Waals surface area contributed by atoms with E-state index in [9.17, 15) is 18.7 Å². The summed E-state index contributed by atoms with van der Waals surface area (Å²) in [5.74, 6) is -3.44. The Labute approximate surface area is 113 Å². The predicted octanol–water partition coefficient (Wildman–Crippen LogP) is 4.48. The van der Waals surface area contributed by atoms with Gasteiger partial charge in [0.05, 0.1) is 5.41 Å². The van der Waals surface area contributed by atoms with E-state index in [2.05, 4.69) is 13.8 Å². The number of hydrogen-bond donors (Lipinski definition) is 1. The van der Waals surface area contributed by atoms with Crippen LogP contribution in [0, 0.1) is 16.7 Å². The van der Waals surface area contributed by atoms with Crippen molar-refractivity contribution in [3.8, 4) is 0 Å². The molecule has 2 aliphatic carbocycles. The number of carbonyl (C=O) groups is 1. The summed E-state index contributed by atoms with van der Waals surface area (Å²) in [6, 6.07) is 0. The van der Waals surface area contributed by atoms with E-state index in [1.807, 2.05) is 0 Å². The van der Waals surface area contributed by atoms with Crippen LogP contribution in [0.5, 0.6) is 0 Å². The highest BCUT2D eigenvalue weighted by molar-refractivity contribution is 5.75. The zero-order valence-electron chi connectivity index (χ0n) is 11.8. The smallest absolute Gasteiger partial charge is 0.309 e. The molecule has 2 fully saturated rings. The van der Waals surface area contributed by atoms with Gasteiger partial charge in [0.2, 0.25) is 5.92 Å². The van der Waals surface area contributed by atoms with E-state index in [1.165, 1.54) is 0 Å². The van der Waals surface area contributed by atoms with Gasteiger partial charge in [-0.3, -0.25) is 4.79 Å². The van der Waals surface area contributed by atoms with Crippen LogP contribution in [0.25, 0.3) is 0 Å². The fraction of sp³-hybridized carbons (Fsp3) is 0.933. The van der Waals surface area contributed by atoms with E-state index in [1.54, 1.807) is 0 Å². The van der Waals surface area contributed by atoms with Crippen LogP contribution in [0.4, 0.5) is 8.78 Å². The normalized spacial score (nSPS) is 29.9. The van der Waals surface area contributed by atoms with Crippen molar-refractivity contribution in [2.45, 2.75) is 71.1 Å². The van der Waals surface area contributed by atoms with Crippen LogP contribution in [-0.4, -0.2) is 17.0 Å². The van der Waals surface area contributed by atoms with Crippen molar-refractivity contribution < 1.29 is 18.7 Å². The standard InChI is InChI=1S/C15H24F2O2/c1-13(2)5-3-11(4-6-13)14(12(18)19)7-9-15(16,17)10-8-14/h11H,3-10H2,1-2H3,(H,18,19). The lowest BCUT2D eigenvalue weighted by molar-refractivity contribution is -0.165. The van der Waals surface area contributed by atoms with Crippen molar-refractivity contribution in [1.29, 1.82) is 0 Å². The summed E-state index contributed by atoms with van der Waals surface area (Å²) in [4.78, 5) is 11.7. The SMILES string of the molecule is CC1(C)CCC(C2(C(=O)O)CCC(F)(F)CC2)CC1. The zero-order valence-corrected chi connectivity index (χ0v) is 11.8. The molecule has 2 aliphatic rings. The molecule has 0 atom stereocenters. The fourth-order valence-electron chi connectivity index (χ4n) is 3.81. The van der Waals surface area contributed by atoms with E-state index in [0.29, 0.717) is 0 Å². The number of alkyl halides is 2. The maximum atomic E-state index is 13.3. The fourth-order valence-corrected chi connectivity index (χ4v) is 3.81. The maximum absolute atomic E-state index is 13.3. The second-order valence-corrected chi connectivity index (χ2v) is 7.26. The highest BCUT2D eigenvalue weighted by Crippen LogP contribution is 2.54. The van der Waals surface area contributed by atoms with Gasteiger partial charge in [-0.05, 0) is 49.9 Å². The minimum absolute atomic E-state index is 0.0779. The average Bonchev–Trinajstić information content (AvgIpc) is 2.30. The molecule has 0 radical (unpaired) electrons. The zero-order chi connectivity index (χ0) is 14.3. The van der Waals surface area contributed by atoms with Gasteiger partial charge in [-0.2, -0.15) is 0 Å². The molecule has 2 nitrogen and oxygen atoms in total. The van der Waals surface area contributed by atoms with Gasteiger partial charge in [0, 0.05) is 12.8 Å². The van der Waals surface area contributed by atoms with Crippen molar-refractivity contribution in [1.82, 2.24) is 0 Å². The lowest BCUT2D eigenvalue weighted by atomic mass is 9.58. The average molecular weight is 274 g/mol. The van der Waals surface area contributed by atoms with Crippen molar-refractivity contribution in [3.63, 3.8) is 0 Å². The van der Waals surface area contributed by atoms with Gasteiger partial charge >= 0.3 is 5.97 Å². The quantitative estimate of drug-likeness (QED) is 0.806. The molecule has 0 amide bonds.